The number of nitrogens with one attached hydrogen (secondary N) is 1. The van der Waals surface area contributed by atoms with Crippen LogP contribution in [-0.2, 0) is 9.59 Å². The third-order valence-corrected chi connectivity index (χ3v) is 5.53. The fourth-order valence-corrected chi connectivity index (χ4v) is 3.83. The van der Waals surface area contributed by atoms with Gasteiger partial charge >= 0.3 is 0 Å². The van der Waals surface area contributed by atoms with Crippen molar-refractivity contribution < 1.29 is 14.7 Å². The molecule has 132 valence electrons. The normalized spacial score (nSPS) is 29.9. The van der Waals surface area contributed by atoms with E-state index < -0.39 is 0 Å². The highest BCUT2D eigenvalue weighted by atomic mass is 16.3. The van der Waals surface area contributed by atoms with Crippen LogP contribution in [0, 0.1) is 17.8 Å². The van der Waals surface area contributed by atoms with Gasteiger partial charge in [-0.1, -0.05) is 20.8 Å². The van der Waals surface area contributed by atoms with Crippen molar-refractivity contribution in [1.82, 2.24) is 10.2 Å². The van der Waals surface area contributed by atoms with Gasteiger partial charge in [-0.2, -0.15) is 0 Å². The molecule has 5 nitrogen and oxygen atoms in total. The van der Waals surface area contributed by atoms with E-state index in [2.05, 4.69) is 12.2 Å². The Bertz CT molecular complexity index is 416. The Kier molecular flexibility index (Phi) is 6.45. The highest BCUT2D eigenvalue weighted by molar-refractivity contribution is 5.89. The molecule has 5 heteroatoms. The molecule has 1 saturated carbocycles. The molecule has 0 bridgehead atoms. The molecule has 2 amide bonds. The van der Waals surface area contributed by atoms with Crippen molar-refractivity contribution in [2.45, 2.75) is 71.4 Å². The van der Waals surface area contributed by atoms with E-state index in [-0.39, 0.29) is 36.3 Å². The first kappa shape index (κ1) is 18.2. The van der Waals surface area contributed by atoms with Crippen LogP contribution in [0.4, 0.5) is 0 Å². The molecule has 23 heavy (non-hydrogen) atoms. The molecule has 2 rings (SSSR count). The molecule has 2 atom stereocenters. The molecular formula is C18H32N2O3. The molecule has 1 saturated heterocycles. The van der Waals surface area contributed by atoms with Gasteiger partial charge in [0.2, 0.25) is 11.8 Å². The Labute approximate surface area is 139 Å². The quantitative estimate of drug-likeness (QED) is 0.784. The van der Waals surface area contributed by atoms with Crippen LogP contribution in [0.15, 0.2) is 0 Å². The Morgan fingerprint density at radius 1 is 1.30 bits per heavy atom. The van der Waals surface area contributed by atoms with Crippen molar-refractivity contribution in [2.75, 3.05) is 13.2 Å². The highest BCUT2D eigenvalue weighted by Crippen LogP contribution is 2.31. The summed E-state index contributed by atoms with van der Waals surface area (Å²) in [6.45, 7) is 6.98. The predicted octanol–water partition coefficient (Wildman–Crippen LogP) is 1.94. The first-order valence-electron chi connectivity index (χ1n) is 9.13. The zero-order chi connectivity index (χ0) is 17.0. The van der Waals surface area contributed by atoms with Gasteiger partial charge in [0, 0.05) is 31.7 Å². The van der Waals surface area contributed by atoms with Crippen molar-refractivity contribution in [3.63, 3.8) is 0 Å². The minimum absolute atomic E-state index is 0.0211. The van der Waals surface area contributed by atoms with Crippen molar-refractivity contribution in [3.8, 4) is 0 Å². The number of carbonyl (C=O) groups is 2. The minimum Gasteiger partial charge on any atom is -0.396 e. The lowest BCUT2D eigenvalue weighted by Gasteiger charge is -2.33. The van der Waals surface area contributed by atoms with Crippen LogP contribution in [0.5, 0.6) is 0 Å². The molecule has 0 spiro atoms. The van der Waals surface area contributed by atoms with Gasteiger partial charge in [-0.25, -0.2) is 0 Å². The summed E-state index contributed by atoms with van der Waals surface area (Å²) in [5.74, 6) is 0.902. The maximum absolute atomic E-state index is 12.5. The maximum Gasteiger partial charge on any atom is 0.225 e. The van der Waals surface area contributed by atoms with Gasteiger partial charge in [0.25, 0.3) is 0 Å². The predicted molar refractivity (Wildman–Crippen MR) is 89.7 cm³/mol. The minimum atomic E-state index is -0.234. The average molecular weight is 324 g/mol. The third-order valence-electron chi connectivity index (χ3n) is 5.53. The molecule has 0 radical (unpaired) electrons. The second kappa shape index (κ2) is 8.13. The van der Waals surface area contributed by atoms with Gasteiger partial charge < -0.3 is 15.3 Å². The number of rotatable bonds is 6. The van der Waals surface area contributed by atoms with E-state index in [9.17, 15) is 9.59 Å². The molecule has 2 aliphatic rings. The molecule has 0 aromatic carbocycles. The number of carbonyl (C=O) groups excluding carboxylic acids is 2. The van der Waals surface area contributed by atoms with Crippen LogP contribution in [0.3, 0.4) is 0 Å². The first-order valence-corrected chi connectivity index (χ1v) is 9.13. The van der Waals surface area contributed by atoms with Gasteiger partial charge in [-0.3, -0.25) is 9.59 Å². The Balaban J connectivity index is 1.89. The maximum atomic E-state index is 12.5. The van der Waals surface area contributed by atoms with Crippen LogP contribution >= 0.6 is 0 Å². The topological polar surface area (TPSA) is 69.6 Å². The average Bonchev–Trinajstić information content (AvgIpc) is 2.89. The SMILES string of the molecule is CC1CCC(N2CC(C(=O)NC(CCO)C(C)C)CC2=O)CC1. The molecule has 2 fully saturated rings. The smallest absolute Gasteiger partial charge is 0.225 e. The number of likely N-dealkylation sites (tertiary alicyclic amines) is 1. The monoisotopic (exact) mass is 324 g/mol. The van der Waals surface area contributed by atoms with E-state index in [1.165, 1.54) is 12.8 Å². The summed E-state index contributed by atoms with van der Waals surface area (Å²) in [7, 11) is 0. The summed E-state index contributed by atoms with van der Waals surface area (Å²) < 4.78 is 0. The lowest BCUT2D eigenvalue weighted by molar-refractivity contribution is -0.131. The van der Waals surface area contributed by atoms with E-state index in [1.807, 2.05) is 18.7 Å². The Morgan fingerprint density at radius 2 is 1.96 bits per heavy atom. The summed E-state index contributed by atoms with van der Waals surface area (Å²) in [6, 6.07) is 0.307. The van der Waals surface area contributed by atoms with Crippen LogP contribution in [0.1, 0.15) is 59.3 Å². The number of amides is 2. The lowest BCUT2D eigenvalue weighted by atomic mass is 9.86. The largest absolute Gasteiger partial charge is 0.396 e. The van der Waals surface area contributed by atoms with Gasteiger partial charge in [0.1, 0.15) is 0 Å². The van der Waals surface area contributed by atoms with Crippen LogP contribution in [0.25, 0.3) is 0 Å². The second-order valence-corrected chi connectivity index (χ2v) is 7.73. The molecule has 2 N–H and O–H groups in total. The zero-order valence-corrected chi connectivity index (χ0v) is 14.8. The van der Waals surface area contributed by atoms with E-state index in [0.717, 1.165) is 18.8 Å². The molecule has 0 aromatic rings. The zero-order valence-electron chi connectivity index (χ0n) is 14.8. The van der Waals surface area contributed by atoms with Crippen molar-refractivity contribution in [1.29, 1.82) is 0 Å². The standard InChI is InChI=1S/C18H32N2O3/c1-12(2)16(8-9-21)19-18(23)14-10-17(22)20(11-14)15-6-4-13(3)5-7-15/h12-16,21H,4-11H2,1-3H3,(H,19,23). The Morgan fingerprint density at radius 3 is 2.52 bits per heavy atom. The fourth-order valence-electron chi connectivity index (χ4n) is 3.83. The molecule has 0 aromatic heterocycles. The number of aliphatic hydroxyl groups is 1. The highest BCUT2D eigenvalue weighted by Gasteiger charge is 2.39. The van der Waals surface area contributed by atoms with Gasteiger partial charge in [-0.05, 0) is 43.9 Å². The van der Waals surface area contributed by atoms with Crippen molar-refractivity contribution in [2.24, 2.45) is 17.8 Å². The van der Waals surface area contributed by atoms with E-state index in [4.69, 9.17) is 5.11 Å². The summed E-state index contributed by atoms with van der Waals surface area (Å²) in [6.07, 6.45) is 5.39. The molecule has 1 heterocycles. The van der Waals surface area contributed by atoms with E-state index in [1.54, 1.807) is 0 Å². The number of nitrogens with zero attached hydrogens (tertiary/aromatic N) is 1. The van der Waals surface area contributed by atoms with Gasteiger partial charge in [0.15, 0.2) is 0 Å². The number of hydrogen-bond acceptors (Lipinski definition) is 3. The van der Waals surface area contributed by atoms with Gasteiger partial charge in [0.05, 0.1) is 5.92 Å². The summed E-state index contributed by atoms with van der Waals surface area (Å²) in [5.41, 5.74) is 0. The number of hydrogen-bond donors (Lipinski definition) is 2. The van der Waals surface area contributed by atoms with Crippen LogP contribution < -0.4 is 5.32 Å². The molecular weight excluding hydrogens is 292 g/mol. The van der Waals surface area contributed by atoms with Crippen LogP contribution in [-0.4, -0.2) is 47.1 Å². The fraction of sp³-hybridized carbons (Fsp3) is 0.889. The van der Waals surface area contributed by atoms with Gasteiger partial charge in [-0.15, -0.1) is 0 Å². The lowest BCUT2D eigenvalue weighted by Crippen LogP contribution is -2.44. The molecule has 1 aliphatic carbocycles. The van der Waals surface area contributed by atoms with E-state index in [0.29, 0.717) is 25.4 Å². The summed E-state index contributed by atoms with van der Waals surface area (Å²) >= 11 is 0. The third kappa shape index (κ3) is 4.69. The Hall–Kier alpha value is -1.10. The number of aliphatic hydroxyl groups excluding tert-OH is 1. The summed E-state index contributed by atoms with van der Waals surface area (Å²) in [4.78, 5) is 26.8. The summed E-state index contributed by atoms with van der Waals surface area (Å²) in [5, 5.41) is 12.2. The molecule has 2 unspecified atom stereocenters. The van der Waals surface area contributed by atoms with Crippen LogP contribution in [0.2, 0.25) is 0 Å². The van der Waals surface area contributed by atoms with E-state index >= 15 is 0 Å². The van der Waals surface area contributed by atoms with Crippen molar-refractivity contribution in [3.05, 3.63) is 0 Å². The van der Waals surface area contributed by atoms with Crippen molar-refractivity contribution >= 4 is 11.8 Å². The molecule has 1 aliphatic heterocycles. The second-order valence-electron chi connectivity index (χ2n) is 7.73. The first-order chi connectivity index (χ1) is 10.9.